The molecule has 0 spiro atoms. The number of carbonyl (C=O) groups is 1. The van der Waals surface area contributed by atoms with E-state index >= 15 is 4.39 Å². The first kappa shape index (κ1) is 24.5. The number of anilines is 2. The van der Waals surface area contributed by atoms with E-state index in [9.17, 15) is 9.90 Å². The molecule has 1 saturated carbocycles. The van der Waals surface area contributed by atoms with E-state index in [1.165, 1.54) is 18.0 Å². The molecule has 0 radical (unpaired) electrons. The van der Waals surface area contributed by atoms with Gasteiger partial charge in [0.25, 0.3) is 0 Å². The average molecular weight is 524 g/mol. The van der Waals surface area contributed by atoms with Crippen molar-refractivity contribution in [2.75, 3.05) is 37.7 Å². The van der Waals surface area contributed by atoms with Crippen LogP contribution < -0.4 is 15.7 Å². The number of rotatable bonds is 8. The van der Waals surface area contributed by atoms with Gasteiger partial charge in [-0.1, -0.05) is 11.8 Å². The highest BCUT2D eigenvalue weighted by Crippen LogP contribution is 2.67. The van der Waals surface area contributed by atoms with Gasteiger partial charge in [-0.2, -0.15) is 9.97 Å². The number of ether oxygens (including phenoxy) is 2. The van der Waals surface area contributed by atoms with Gasteiger partial charge in [-0.15, -0.1) is 11.6 Å². The Kier molecular flexibility index (Phi) is 6.32. The van der Waals surface area contributed by atoms with Gasteiger partial charge >= 0.3 is 5.97 Å². The summed E-state index contributed by atoms with van der Waals surface area (Å²) in [5.74, 6) is -0.360. The summed E-state index contributed by atoms with van der Waals surface area (Å²) in [7, 11) is 2.51. The number of alkyl halides is 2. The minimum absolute atomic E-state index is 0.0253. The number of nitrogens with one attached hydrogen (secondary N) is 1. The Balaban J connectivity index is 1.59. The summed E-state index contributed by atoms with van der Waals surface area (Å²) in [6, 6.07) is -0.732. The van der Waals surface area contributed by atoms with Gasteiger partial charge in [0, 0.05) is 14.1 Å². The molecule has 1 saturated heterocycles. The predicted molar refractivity (Wildman–Crippen MR) is 123 cm³/mol. The maximum absolute atomic E-state index is 15.7. The van der Waals surface area contributed by atoms with Gasteiger partial charge in [0.05, 0.1) is 19.3 Å². The number of imidazole rings is 1. The van der Waals surface area contributed by atoms with Crippen LogP contribution in [0.2, 0.25) is 0 Å². The minimum Gasteiger partial charge on any atom is -0.468 e. The number of nitrogens with two attached hydrogens (primary N) is 1. The summed E-state index contributed by atoms with van der Waals surface area (Å²) in [4.78, 5) is 25.9. The van der Waals surface area contributed by atoms with E-state index in [2.05, 4.69) is 24.8 Å². The molecule has 7 atom stereocenters. The van der Waals surface area contributed by atoms with E-state index in [0.717, 1.165) is 0 Å². The van der Waals surface area contributed by atoms with Gasteiger partial charge in [-0.05, 0) is 6.92 Å². The second-order valence-corrected chi connectivity index (χ2v) is 10.5. The molecule has 2 aromatic rings. The van der Waals surface area contributed by atoms with E-state index in [0.29, 0.717) is 11.3 Å². The number of carbonyl (C=O) groups excluding carboxylic acids is 1. The number of aromatic nitrogens is 4. The van der Waals surface area contributed by atoms with Crippen LogP contribution in [0, 0.1) is 0 Å². The summed E-state index contributed by atoms with van der Waals surface area (Å²) in [6.07, 6.45) is -3.01. The standard InChI is InChI=1S/C17H24ClFN7O5PS/c1-7(13(27)29-4)24-32(33)31-14-16(5-18)17(14,28)9(19)12(30-16)26-6-21-8-10(25(2)3)22-15(20)23-11(8)26/h6-7,9,12,14,28,32H,5H2,1-4H3,(H,24,33)(H2,20,22,23)/t7-,9-,12+,14+,16+,17+/m0/s1. The van der Waals surface area contributed by atoms with Gasteiger partial charge in [-0.3, -0.25) is 14.4 Å². The van der Waals surface area contributed by atoms with E-state index in [-0.39, 0.29) is 17.5 Å². The molecule has 0 aromatic carbocycles. The first-order valence-electron chi connectivity index (χ1n) is 9.84. The molecule has 33 heavy (non-hydrogen) atoms. The molecule has 1 aliphatic carbocycles. The van der Waals surface area contributed by atoms with Crippen LogP contribution in [0.4, 0.5) is 16.2 Å². The maximum Gasteiger partial charge on any atom is 0.322 e. The van der Waals surface area contributed by atoms with Crippen LogP contribution in [-0.2, 0) is 30.6 Å². The van der Waals surface area contributed by atoms with Crippen LogP contribution >= 0.6 is 18.7 Å². The summed E-state index contributed by atoms with van der Waals surface area (Å²) in [6.45, 7) is 1.55. The van der Waals surface area contributed by atoms with Crippen LogP contribution in [0.1, 0.15) is 13.2 Å². The Morgan fingerprint density at radius 1 is 1.58 bits per heavy atom. The molecule has 4 N–H and O–H groups in total. The first-order chi connectivity index (χ1) is 15.5. The van der Waals surface area contributed by atoms with Gasteiger partial charge in [-0.25, -0.2) is 9.37 Å². The lowest BCUT2D eigenvalue weighted by molar-refractivity contribution is -0.142. The minimum atomic E-state index is -2.25. The third-order valence-electron chi connectivity index (χ3n) is 5.85. The maximum atomic E-state index is 15.7. The molecule has 2 aliphatic rings. The van der Waals surface area contributed by atoms with Crippen LogP contribution in [-0.4, -0.2) is 87.2 Å². The van der Waals surface area contributed by atoms with Crippen molar-refractivity contribution in [3.05, 3.63) is 6.33 Å². The number of methoxy groups -OCH3 is 1. The number of aliphatic hydroxyl groups is 1. The molecule has 0 bridgehead atoms. The third kappa shape index (κ3) is 3.59. The van der Waals surface area contributed by atoms with E-state index in [1.54, 1.807) is 25.9 Å². The van der Waals surface area contributed by atoms with E-state index < -0.39 is 48.8 Å². The number of fused-ring (bicyclic) bond motifs is 2. The quantitative estimate of drug-likeness (QED) is 0.245. The predicted octanol–water partition coefficient (Wildman–Crippen LogP) is 0.106. The molecule has 2 fully saturated rings. The zero-order valence-electron chi connectivity index (χ0n) is 18.2. The van der Waals surface area contributed by atoms with Crippen molar-refractivity contribution in [1.29, 1.82) is 0 Å². The number of esters is 1. The second kappa shape index (κ2) is 8.52. The molecule has 1 aliphatic heterocycles. The average Bonchev–Trinajstić information content (AvgIpc) is 3.03. The van der Waals surface area contributed by atoms with Gasteiger partial charge < -0.3 is 29.7 Å². The Labute approximate surface area is 199 Å². The molecule has 182 valence electrons. The number of halogens is 2. The highest BCUT2D eigenvalue weighted by atomic mass is 35.5. The van der Waals surface area contributed by atoms with Crippen molar-refractivity contribution in [2.45, 2.75) is 42.7 Å². The summed E-state index contributed by atoms with van der Waals surface area (Å²) < 4.78 is 33.3. The molecule has 3 heterocycles. The smallest absolute Gasteiger partial charge is 0.322 e. The largest absolute Gasteiger partial charge is 0.468 e. The molecule has 12 nitrogen and oxygen atoms in total. The van der Waals surface area contributed by atoms with Gasteiger partial charge in [0.15, 0.2) is 35.0 Å². The van der Waals surface area contributed by atoms with Crippen molar-refractivity contribution in [3.8, 4) is 0 Å². The highest BCUT2D eigenvalue weighted by molar-refractivity contribution is 8.02. The van der Waals surface area contributed by atoms with Gasteiger partial charge in [0.2, 0.25) is 5.95 Å². The highest BCUT2D eigenvalue weighted by Gasteiger charge is 2.89. The van der Waals surface area contributed by atoms with Crippen LogP contribution in [0.25, 0.3) is 11.2 Å². The van der Waals surface area contributed by atoms with Gasteiger partial charge in [0.1, 0.15) is 24.8 Å². The fourth-order valence-corrected chi connectivity index (χ4v) is 6.43. The normalized spacial score (nSPS) is 32.4. The molecule has 16 heteroatoms. The number of hydrogen-bond acceptors (Lipinski definition) is 11. The van der Waals surface area contributed by atoms with E-state index in [4.69, 9.17) is 38.4 Å². The topological polar surface area (TPSA) is 150 Å². The molecule has 2 aromatic heterocycles. The Hall–Kier alpha value is -1.67. The molecule has 4 rings (SSSR count). The zero-order chi connectivity index (χ0) is 24.3. The summed E-state index contributed by atoms with van der Waals surface area (Å²) >= 11 is 11.4. The molecular weight excluding hydrogens is 500 g/mol. The van der Waals surface area contributed by atoms with Crippen molar-refractivity contribution < 1.29 is 28.3 Å². The summed E-state index contributed by atoms with van der Waals surface area (Å²) in [5.41, 5.74) is 2.87. The SMILES string of the molecule is COC(=O)[C@H](C)N[PH](=S)O[C@H]1[C@]2(O)[C@@H](F)[C@H](n3cnc4c(N(C)C)nc(N)nc43)O[C@]12CCl. The van der Waals surface area contributed by atoms with Crippen molar-refractivity contribution in [1.82, 2.24) is 24.6 Å². The zero-order valence-corrected chi connectivity index (χ0v) is 20.7. The number of nitrogen functional groups attached to an aromatic ring is 1. The lowest BCUT2D eigenvalue weighted by atomic mass is 10.1. The monoisotopic (exact) mass is 523 g/mol. The Bertz CT molecular complexity index is 1120. The Morgan fingerprint density at radius 2 is 2.27 bits per heavy atom. The summed E-state index contributed by atoms with van der Waals surface area (Å²) in [5, 5.41) is 14.0. The second-order valence-electron chi connectivity index (χ2n) is 8.06. The van der Waals surface area contributed by atoms with Crippen molar-refractivity contribution >= 4 is 59.4 Å². The lowest BCUT2D eigenvalue weighted by Crippen LogP contribution is -2.35. The molecular formula is C17H24ClFN7O5PS. The third-order valence-corrected chi connectivity index (χ3v) is 8.01. The fraction of sp³-hybridized carbons (Fsp3) is 0.647. The number of hydrogen-bond donors (Lipinski definition) is 3. The first-order valence-corrected chi connectivity index (χ1v) is 12.9. The molecule has 0 amide bonds. The lowest BCUT2D eigenvalue weighted by Gasteiger charge is -2.24. The Morgan fingerprint density at radius 3 is 2.85 bits per heavy atom. The van der Waals surface area contributed by atoms with Crippen LogP contribution in [0.15, 0.2) is 6.33 Å². The van der Waals surface area contributed by atoms with Crippen molar-refractivity contribution in [3.63, 3.8) is 0 Å². The van der Waals surface area contributed by atoms with E-state index in [1.807, 2.05) is 0 Å². The fourth-order valence-electron chi connectivity index (χ4n) is 4.07. The van der Waals surface area contributed by atoms with Crippen LogP contribution in [0.5, 0.6) is 0 Å². The van der Waals surface area contributed by atoms with Crippen LogP contribution in [0.3, 0.4) is 0 Å². The molecule has 1 unspecified atom stereocenters. The van der Waals surface area contributed by atoms with Crippen molar-refractivity contribution in [2.24, 2.45) is 0 Å². The number of nitrogens with zero attached hydrogens (tertiary/aromatic N) is 5.